The fourth-order valence-corrected chi connectivity index (χ4v) is 2.40. The van der Waals surface area contributed by atoms with Gasteiger partial charge in [-0.3, -0.25) is 9.59 Å². The minimum atomic E-state index is -0.420. The van der Waals surface area contributed by atoms with Crippen LogP contribution < -0.4 is 10.2 Å². The van der Waals surface area contributed by atoms with E-state index in [1.807, 2.05) is 6.07 Å². The summed E-state index contributed by atoms with van der Waals surface area (Å²) in [5, 5.41) is 11.6. The van der Waals surface area contributed by atoms with Gasteiger partial charge in [-0.05, 0) is 29.8 Å². The number of anilines is 1. The molecule has 2 rings (SSSR count). The summed E-state index contributed by atoms with van der Waals surface area (Å²) in [4.78, 5) is 25.2. The van der Waals surface area contributed by atoms with Crippen LogP contribution in [0, 0.1) is 17.1 Å². The summed E-state index contributed by atoms with van der Waals surface area (Å²) in [6, 6.07) is 14.8. The van der Waals surface area contributed by atoms with Gasteiger partial charge in [-0.15, -0.1) is 0 Å². The molecule has 0 bridgehead atoms. The lowest BCUT2D eigenvalue weighted by Crippen LogP contribution is -2.38. The molecule has 0 aliphatic carbocycles. The number of rotatable bonds is 6. The Kier molecular flexibility index (Phi) is 6.24. The van der Waals surface area contributed by atoms with Crippen molar-refractivity contribution in [3.63, 3.8) is 0 Å². The first kappa shape index (κ1) is 18.1. The van der Waals surface area contributed by atoms with Crippen LogP contribution in [0.4, 0.5) is 10.1 Å². The number of benzene rings is 2. The Morgan fingerprint density at radius 2 is 1.96 bits per heavy atom. The summed E-state index contributed by atoms with van der Waals surface area (Å²) >= 11 is 0. The molecule has 2 amide bonds. The van der Waals surface area contributed by atoms with Crippen molar-refractivity contribution in [2.24, 2.45) is 0 Å². The van der Waals surface area contributed by atoms with Crippen LogP contribution in [0.3, 0.4) is 0 Å². The van der Waals surface area contributed by atoms with E-state index in [2.05, 4.69) is 5.32 Å². The molecule has 0 aliphatic heterocycles. The average molecular weight is 339 g/mol. The Morgan fingerprint density at radius 3 is 2.64 bits per heavy atom. The first-order chi connectivity index (χ1) is 12.0. The zero-order valence-corrected chi connectivity index (χ0v) is 13.8. The molecule has 0 radical (unpaired) electrons. The summed E-state index contributed by atoms with van der Waals surface area (Å²) in [6.07, 6.45) is -0.0589. The number of nitrogens with zero attached hydrogens (tertiary/aromatic N) is 2. The van der Waals surface area contributed by atoms with Crippen molar-refractivity contribution < 1.29 is 14.0 Å². The summed E-state index contributed by atoms with van der Waals surface area (Å²) in [7, 11) is 0. The van der Waals surface area contributed by atoms with Crippen molar-refractivity contribution in [3.05, 3.63) is 65.5 Å². The summed E-state index contributed by atoms with van der Waals surface area (Å²) in [5.74, 6) is -0.936. The molecule has 6 heteroatoms. The monoisotopic (exact) mass is 339 g/mol. The van der Waals surface area contributed by atoms with Crippen molar-refractivity contribution in [1.29, 1.82) is 5.26 Å². The van der Waals surface area contributed by atoms with Gasteiger partial charge in [0.2, 0.25) is 11.8 Å². The zero-order valence-electron chi connectivity index (χ0n) is 13.8. The van der Waals surface area contributed by atoms with Gasteiger partial charge >= 0.3 is 0 Å². The maximum atomic E-state index is 13.5. The van der Waals surface area contributed by atoms with Crippen LogP contribution in [-0.4, -0.2) is 24.9 Å². The first-order valence-corrected chi connectivity index (χ1v) is 7.79. The number of nitrogens with one attached hydrogen (secondary N) is 1. The molecule has 128 valence electrons. The molecule has 5 nitrogen and oxygen atoms in total. The van der Waals surface area contributed by atoms with Crippen LogP contribution >= 0.6 is 0 Å². The number of hydrogen-bond donors (Lipinski definition) is 1. The summed E-state index contributed by atoms with van der Waals surface area (Å²) in [6.45, 7) is 1.90. The molecule has 0 fully saturated rings. The van der Waals surface area contributed by atoms with E-state index in [1.165, 1.54) is 17.9 Å². The smallest absolute Gasteiger partial charge is 0.224 e. The quantitative estimate of drug-likeness (QED) is 0.878. The van der Waals surface area contributed by atoms with Gasteiger partial charge in [0, 0.05) is 25.7 Å². The predicted octanol–water partition coefficient (Wildman–Crippen LogP) is 2.41. The van der Waals surface area contributed by atoms with E-state index < -0.39 is 5.82 Å². The van der Waals surface area contributed by atoms with Gasteiger partial charge in [-0.25, -0.2) is 4.39 Å². The fourth-order valence-electron chi connectivity index (χ4n) is 2.40. The molecule has 0 saturated heterocycles. The minimum absolute atomic E-state index is 0.0589. The van der Waals surface area contributed by atoms with Gasteiger partial charge in [0.25, 0.3) is 0 Å². The molecule has 0 heterocycles. The molecule has 0 unspecified atom stereocenters. The molecular weight excluding hydrogens is 321 g/mol. The normalized spacial score (nSPS) is 9.96. The Balaban J connectivity index is 1.93. The van der Waals surface area contributed by atoms with Crippen molar-refractivity contribution >= 4 is 17.5 Å². The Bertz CT molecular complexity index is 814. The van der Waals surface area contributed by atoms with Crippen LogP contribution in [0.1, 0.15) is 18.1 Å². The summed E-state index contributed by atoms with van der Waals surface area (Å²) in [5.41, 5.74) is 1.37. The van der Waals surface area contributed by atoms with Crippen LogP contribution in [0.2, 0.25) is 0 Å². The first-order valence-electron chi connectivity index (χ1n) is 7.79. The molecular formula is C19H18FN3O2. The largest absolute Gasteiger partial charge is 0.354 e. The van der Waals surface area contributed by atoms with Gasteiger partial charge in [-0.2, -0.15) is 5.26 Å². The van der Waals surface area contributed by atoms with Crippen LogP contribution in [0.5, 0.6) is 0 Å². The topological polar surface area (TPSA) is 73.2 Å². The lowest BCUT2D eigenvalue weighted by molar-refractivity contribution is -0.121. The predicted molar refractivity (Wildman–Crippen MR) is 92.3 cm³/mol. The van der Waals surface area contributed by atoms with Gasteiger partial charge in [0.05, 0.1) is 18.1 Å². The zero-order chi connectivity index (χ0) is 18.2. The SMILES string of the molecule is CC(=O)N(CCNC(=O)Cc1ccccc1F)c1cccc(C#N)c1. The highest BCUT2D eigenvalue weighted by molar-refractivity contribution is 5.91. The number of carbonyl (C=O) groups excluding carboxylic acids is 2. The minimum Gasteiger partial charge on any atom is -0.354 e. The van der Waals surface area contributed by atoms with E-state index in [1.54, 1.807) is 42.5 Å². The van der Waals surface area contributed by atoms with Crippen molar-refractivity contribution in [2.45, 2.75) is 13.3 Å². The van der Waals surface area contributed by atoms with E-state index in [0.717, 1.165) is 0 Å². The average Bonchev–Trinajstić information content (AvgIpc) is 2.60. The van der Waals surface area contributed by atoms with Gasteiger partial charge in [-0.1, -0.05) is 24.3 Å². The second-order valence-electron chi connectivity index (χ2n) is 5.45. The fraction of sp³-hybridized carbons (Fsp3) is 0.211. The van der Waals surface area contributed by atoms with E-state index in [0.29, 0.717) is 16.8 Å². The van der Waals surface area contributed by atoms with E-state index >= 15 is 0 Å². The van der Waals surface area contributed by atoms with E-state index in [-0.39, 0.29) is 31.3 Å². The number of hydrogen-bond acceptors (Lipinski definition) is 3. The molecule has 2 aromatic rings. The van der Waals surface area contributed by atoms with E-state index in [9.17, 15) is 14.0 Å². The second kappa shape index (κ2) is 8.60. The number of halogens is 1. The van der Waals surface area contributed by atoms with Crippen LogP contribution in [-0.2, 0) is 16.0 Å². The number of nitriles is 1. The van der Waals surface area contributed by atoms with Crippen LogP contribution in [0.15, 0.2) is 48.5 Å². The molecule has 0 saturated carbocycles. The highest BCUT2D eigenvalue weighted by atomic mass is 19.1. The number of amides is 2. The van der Waals surface area contributed by atoms with Crippen molar-refractivity contribution in [1.82, 2.24) is 5.32 Å². The summed E-state index contributed by atoms with van der Waals surface area (Å²) < 4.78 is 13.5. The molecule has 1 N–H and O–H groups in total. The maximum absolute atomic E-state index is 13.5. The highest BCUT2D eigenvalue weighted by Gasteiger charge is 2.13. The molecule has 2 aromatic carbocycles. The van der Waals surface area contributed by atoms with Gasteiger partial charge < -0.3 is 10.2 Å². The van der Waals surface area contributed by atoms with Gasteiger partial charge in [0.1, 0.15) is 5.82 Å². The Morgan fingerprint density at radius 1 is 1.20 bits per heavy atom. The lowest BCUT2D eigenvalue weighted by atomic mass is 10.1. The molecule has 0 aliphatic rings. The molecule has 0 atom stereocenters. The third-order valence-electron chi connectivity index (χ3n) is 3.63. The molecule has 0 aromatic heterocycles. The van der Waals surface area contributed by atoms with Crippen molar-refractivity contribution in [2.75, 3.05) is 18.0 Å². The van der Waals surface area contributed by atoms with Crippen molar-refractivity contribution in [3.8, 4) is 6.07 Å². The third-order valence-corrected chi connectivity index (χ3v) is 3.63. The van der Waals surface area contributed by atoms with Crippen LogP contribution in [0.25, 0.3) is 0 Å². The maximum Gasteiger partial charge on any atom is 0.224 e. The Hall–Kier alpha value is -3.20. The standard InChI is InChI=1S/C19H18FN3O2/c1-14(24)23(17-7-4-5-15(11-17)13-21)10-9-22-19(25)12-16-6-2-3-8-18(16)20/h2-8,11H,9-10,12H2,1H3,(H,22,25). The van der Waals surface area contributed by atoms with Gasteiger partial charge in [0.15, 0.2) is 0 Å². The lowest BCUT2D eigenvalue weighted by Gasteiger charge is -2.21. The molecule has 0 spiro atoms. The third kappa shape index (κ3) is 5.15. The highest BCUT2D eigenvalue weighted by Crippen LogP contribution is 2.15. The molecule has 25 heavy (non-hydrogen) atoms. The van der Waals surface area contributed by atoms with E-state index in [4.69, 9.17) is 5.26 Å². The Labute approximate surface area is 145 Å². The second-order valence-corrected chi connectivity index (χ2v) is 5.45. The number of carbonyl (C=O) groups is 2.